The molecule has 1 atom stereocenters. The minimum absolute atomic E-state index is 0.0424. The highest BCUT2D eigenvalue weighted by molar-refractivity contribution is 7.94. The molecule has 0 saturated carbocycles. The molecule has 0 fully saturated rings. The molecular weight excluding hydrogens is 308 g/mol. The van der Waals surface area contributed by atoms with Crippen LogP contribution >= 0.6 is 11.3 Å². The Bertz CT molecular complexity index is 647. The molecule has 2 heterocycles. The van der Waals surface area contributed by atoms with Crippen LogP contribution in [-0.2, 0) is 21.2 Å². The van der Waals surface area contributed by atoms with Gasteiger partial charge in [0.15, 0.2) is 9.84 Å². The molecule has 1 aliphatic rings. The quantitative estimate of drug-likeness (QED) is 0.831. The summed E-state index contributed by atoms with van der Waals surface area (Å²) in [4.78, 5) is 18.2. The van der Waals surface area contributed by atoms with Crippen molar-refractivity contribution >= 4 is 27.1 Å². The van der Waals surface area contributed by atoms with E-state index in [2.05, 4.69) is 18.8 Å². The Morgan fingerprint density at radius 1 is 1.52 bits per heavy atom. The highest BCUT2D eigenvalue weighted by Gasteiger charge is 2.25. The highest BCUT2D eigenvalue weighted by atomic mass is 32.2. The van der Waals surface area contributed by atoms with E-state index in [4.69, 9.17) is 0 Å². The zero-order valence-corrected chi connectivity index (χ0v) is 14.1. The summed E-state index contributed by atoms with van der Waals surface area (Å²) in [5.41, 5.74) is 0.883. The lowest BCUT2D eigenvalue weighted by molar-refractivity contribution is -0.131. The van der Waals surface area contributed by atoms with Crippen LogP contribution in [0, 0.1) is 5.92 Å². The molecule has 5 nitrogen and oxygen atoms in total. The number of carbonyl (C=O) groups is 1. The number of aromatic nitrogens is 1. The van der Waals surface area contributed by atoms with E-state index in [9.17, 15) is 13.2 Å². The lowest BCUT2D eigenvalue weighted by Crippen LogP contribution is -2.28. The second-order valence-electron chi connectivity index (χ2n) is 5.70. The van der Waals surface area contributed by atoms with Gasteiger partial charge in [-0.05, 0) is 0 Å². The second-order valence-corrected chi connectivity index (χ2v) is 8.52. The van der Waals surface area contributed by atoms with Gasteiger partial charge in [0.05, 0.1) is 23.0 Å². The average molecular weight is 328 g/mol. The van der Waals surface area contributed by atoms with Gasteiger partial charge in [-0.1, -0.05) is 19.9 Å². The van der Waals surface area contributed by atoms with Crippen LogP contribution in [0.3, 0.4) is 0 Å². The number of hydrogen-bond donors (Lipinski definition) is 0. The highest BCUT2D eigenvalue weighted by Crippen LogP contribution is 2.21. The van der Waals surface area contributed by atoms with Crippen molar-refractivity contribution in [3.05, 3.63) is 27.6 Å². The predicted octanol–water partition coefficient (Wildman–Crippen LogP) is 2.17. The molecule has 0 unspecified atom stereocenters. The van der Waals surface area contributed by atoms with E-state index in [1.165, 1.54) is 5.41 Å². The molecule has 1 aliphatic heterocycles. The lowest BCUT2D eigenvalue weighted by atomic mass is 10.1. The third kappa shape index (κ3) is 4.38. The number of sulfone groups is 1. The van der Waals surface area contributed by atoms with Gasteiger partial charge in [-0.2, -0.15) is 0 Å². The number of thiazole rings is 1. The Morgan fingerprint density at radius 3 is 2.76 bits per heavy atom. The summed E-state index contributed by atoms with van der Waals surface area (Å²) in [5, 5.41) is 4.25. The molecule has 0 spiro atoms. The van der Waals surface area contributed by atoms with Gasteiger partial charge in [-0.15, -0.1) is 11.3 Å². The van der Waals surface area contributed by atoms with Crippen molar-refractivity contribution in [3.8, 4) is 0 Å². The lowest BCUT2D eigenvalue weighted by Gasteiger charge is -2.17. The largest absolute Gasteiger partial charge is 0.340 e. The Kier molecular flexibility index (Phi) is 4.83. The molecule has 1 aromatic rings. The van der Waals surface area contributed by atoms with Gasteiger partial charge in [0, 0.05) is 36.1 Å². The van der Waals surface area contributed by atoms with Crippen molar-refractivity contribution in [2.75, 3.05) is 12.8 Å². The Labute approximate surface area is 129 Å². The molecule has 0 radical (unpaired) electrons. The zero-order chi connectivity index (χ0) is 15.6. The van der Waals surface area contributed by atoms with Crippen LogP contribution in [0.15, 0.2) is 16.9 Å². The van der Waals surface area contributed by atoms with Gasteiger partial charge in [0.1, 0.15) is 0 Å². The number of rotatable bonds is 5. The molecule has 1 amide bonds. The average Bonchev–Trinajstić information content (AvgIpc) is 2.96. The Hall–Kier alpha value is -1.21. The summed E-state index contributed by atoms with van der Waals surface area (Å²) in [6, 6.07) is 0. The smallest absolute Gasteiger partial charge is 0.223 e. The van der Waals surface area contributed by atoms with E-state index in [1.54, 1.807) is 29.4 Å². The number of allylic oxidation sites excluding steroid dienone is 1. The summed E-state index contributed by atoms with van der Waals surface area (Å²) >= 11 is 1.60. The van der Waals surface area contributed by atoms with Crippen LogP contribution in [0.5, 0.6) is 0 Å². The first-order valence-electron chi connectivity index (χ1n) is 6.86. The Morgan fingerprint density at radius 2 is 2.24 bits per heavy atom. The molecule has 0 aromatic carbocycles. The third-order valence-electron chi connectivity index (χ3n) is 3.33. The van der Waals surface area contributed by atoms with Crippen LogP contribution in [0.25, 0.3) is 0 Å². The fourth-order valence-corrected chi connectivity index (χ4v) is 4.36. The van der Waals surface area contributed by atoms with Crippen molar-refractivity contribution in [1.82, 2.24) is 9.88 Å². The SMILES string of the molecule is CC(C)c1nc(CN(C)C(=O)C[C@H]2C=CS(=O)(=O)C2)cs1. The molecule has 0 N–H and O–H groups in total. The molecule has 116 valence electrons. The topological polar surface area (TPSA) is 67.3 Å². The van der Waals surface area contributed by atoms with Gasteiger partial charge < -0.3 is 4.90 Å². The summed E-state index contributed by atoms with van der Waals surface area (Å²) in [6.45, 7) is 4.64. The van der Waals surface area contributed by atoms with Crippen molar-refractivity contribution in [2.24, 2.45) is 5.92 Å². The minimum atomic E-state index is -3.09. The normalized spacial score (nSPS) is 20.1. The van der Waals surface area contributed by atoms with Gasteiger partial charge in [0.25, 0.3) is 0 Å². The first-order valence-corrected chi connectivity index (χ1v) is 9.45. The molecule has 0 saturated heterocycles. The fourth-order valence-electron chi connectivity index (χ4n) is 2.14. The van der Waals surface area contributed by atoms with Crippen LogP contribution in [0.1, 0.15) is 36.9 Å². The van der Waals surface area contributed by atoms with Crippen LogP contribution in [-0.4, -0.2) is 37.0 Å². The molecule has 1 aromatic heterocycles. The molecule has 2 rings (SSSR count). The summed E-state index contributed by atoms with van der Waals surface area (Å²) in [5.74, 6) is 0.173. The molecule has 21 heavy (non-hydrogen) atoms. The van der Waals surface area contributed by atoms with Crippen LogP contribution in [0.4, 0.5) is 0 Å². The van der Waals surface area contributed by atoms with Crippen molar-refractivity contribution in [1.29, 1.82) is 0 Å². The first kappa shape index (κ1) is 16.2. The molecule has 7 heteroatoms. The first-order chi connectivity index (χ1) is 9.77. The molecule has 0 aliphatic carbocycles. The van der Waals surface area contributed by atoms with Crippen LogP contribution < -0.4 is 0 Å². The van der Waals surface area contributed by atoms with Crippen molar-refractivity contribution in [2.45, 2.75) is 32.7 Å². The number of hydrogen-bond acceptors (Lipinski definition) is 5. The van der Waals surface area contributed by atoms with E-state index in [0.717, 1.165) is 10.7 Å². The molecular formula is C14H20N2O3S2. The summed E-state index contributed by atoms with van der Waals surface area (Å²) in [6.07, 6.45) is 1.84. The molecule has 0 bridgehead atoms. The van der Waals surface area contributed by atoms with Crippen molar-refractivity contribution in [3.63, 3.8) is 0 Å². The van der Waals surface area contributed by atoms with Crippen LogP contribution in [0.2, 0.25) is 0 Å². The fraction of sp³-hybridized carbons (Fsp3) is 0.571. The van der Waals surface area contributed by atoms with Crippen molar-refractivity contribution < 1.29 is 13.2 Å². The number of carbonyl (C=O) groups excluding carboxylic acids is 1. The van der Waals surface area contributed by atoms with E-state index in [-0.39, 0.29) is 24.0 Å². The summed E-state index contributed by atoms with van der Waals surface area (Å²) in [7, 11) is -1.37. The van der Waals surface area contributed by atoms with Gasteiger partial charge in [0.2, 0.25) is 5.91 Å². The number of nitrogens with zero attached hydrogens (tertiary/aromatic N) is 2. The van der Waals surface area contributed by atoms with Gasteiger partial charge in [-0.3, -0.25) is 4.79 Å². The zero-order valence-electron chi connectivity index (χ0n) is 12.4. The maximum atomic E-state index is 12.1. The van der Waals surface area contributed by atoms with E-state index < -0.39 is 9.84 Å². The van der Waals surface area contributed by atoms with E-state index >= 15 is 0 Å². The predicted molar refractivity (Wildman–Crippen MR) is 83.7 cm³/mol. The van der Waals surface area contributed by atoms with E-state index in [0.29, 0.717) is 12.5 Å². The maximum Gasteiger partial charge on any atom is 0.223 e. The minimum Gasteiger partial charge on any atom is -0.340 e. The standard InChI is InChI=1S/C14H20N2O3S2/c1-10(2)14-15-12(8-20-14)7-16(3)13(17)6-11-4-5-21(18,19)9-11/h4-5,8,10-11H,6-7,9H2,1-3H3/t11-/m1/s1. The maximum absolute atomic E-state index is 12.1. The monoisotopic (exact) mass is 328 g/mol. The third-order valence-corrected chi connectivity index (χ3v) is 5.99. The van der Waals surface area contributed by atoms with Gasteiger partial charge >= 0.3 is 0 Å². The Balaban J connectivity index is 1.89. The summed E-state index contributed by atoms with van der Waals surface area (Å²) < 4.78 is 22.7. The number of amides is 1. The van der Waals surface area contributed by atoms with E-state index in [1.807, 2.05) is 5.38 Å². The second kappa shape index (κ2) is 6.27. The van der Waals surface area contributed by atoms with Gasteiger partial charge in [-0.25, -0.2) is 13.4 Å².